The van der Waals surface area contributed by atoms with Crippen LogP contribution in [0.25, 0.3) is 0 Å². The molecule has 0 aromatic heterocycles. The van der Waals surface area contributed by atoms with Gasteiger partial charge in [-0.3, -0.25) is 0 Å². The first-order valence-electron chi connectivity index (χ1n) is 8.02. The zero-order chi connectivity index (χ0) is 18.8. The molecule has 2 rings (SSSR count). The highest BCUT2D eigenvalue weighted by Gasteiger charge is 2.33. The van der Waals surface area contributed by atoms with E-state index in [1.807, 2.05) is 0 Å². The van der Waals surface area contributed by atoms with Crippen molar-refractivity contribution in [2.24, 2.45) is 0 Å². The lowest BCUT2D eigenvalue weighted by atomic mass is 10.1. The SMILES string of the molecule is CC(C)(C)S(=O)(=O)NC1CCN(C(=O)Nc2ccc(Cl)cc2Cl)CC1. The molecular formula is C16H23Cl2N3O3S. The maximum atomic E-state index is 12.3. The van der Waals surface area contributed by atoms with Crippen LogP contribution in [0.2, 0.25) is 10.0 Å². The zero-order valence-corrected chi connectivity index (χ0v) is 16.8. The Labute approximate surface area is 158 Å². The van der Waals surface area contributed by atoms with Crippen LogP contribution in [0.3, 0.4) is 0 Å². The van der Waals surface area contributed by atoms with E-state index in [1.165, 1.54) is 0 Å². The number of nitrogens with zero attached hydrogens (tertiary/aromatic N) is 1. The van der Waals surface area contributed by atoms with Crippen LogP contribution < -0.4 is 10.0 Å². The standard InChI is InChI=1S/C16H23Cl2N3O3S/c1-16(2,3)25(23,24)20-12-6-8-21(9-7-12)15(22)19-14-5-4-11(17)10-13(14)18/h4-5,10,12,20H,6-9H2,1-3H3,(H,19,22). The molecule has 1 fully saturated rings. The van der Waals surface area contributed by atoms with Crippen LogP contribution in [0.15, 0.2) is 18.2 Å². The molecule has 1 saturated heterocycles. The van der Waals surface area contributed by atoms with Crippen LogP contribution in [0.1, 0.15) is 33.6 Å². The Morgan fingerprint density at radius 2 is 1.80 bits per heavy atom. The lowest BCUT2D eigenvalue weighted by Gasteiger charge is -2.33. The number of nitrogens with one attached hydrogen (secondary N) is 2. The number of hydrogen-bond donors (Lipinski definition) is 2. The molecule has 0 radical (unpaired) electrons. The molecule has 6 nitrogen and oxygen atoms in total. The van der Waals surface area contributed by atoms with Crippen LogP contribution in [0.4, 0.5) is 10.5 Å². The molecule has 1 heterocycles. The molecule has 0 bridgehead atoms. The summed E-state index contributed by atoms with van der Waals surface area (Å²) in [6, 6.07) is 4.43. The summed E-state index contributed by atoms with van der Waals surface area (Å²) in [5.74, 6) is 0. The van der Waals surface area contributed by atoms with Gasteiger partial charge in [-0.05, 0) is 51.8 Å². The van der Waals surface area contributed by atoms with Crippen molar-refractivity contribution in [2.75, 3.05) is 18.4 Å². The predicted molar refractivity (Wildman–Crippen MR) is 102 cm³/mol. The van der Waals surface area contributed by atoms with Gasteiger partial charge in [0.2, 0.25) is 10.0 Å². The third-order valence-electron chi connectivity index (χ3n) is 4.08. The number of carbonyl (C=O) groups is 1. The van der Waals surface area contributed by atoms with E-state index >= 15 is 0 Å². The number of piperidine rings is 1. The normalized spacial score (nSPS) is 16.8. The Kier molecular flexibility index (Phi) is 6.25. The Hall–Kier alpha value is -1.02. The van der Waals surface area contributed by atoms with Gasteiger partial charge in [0.05, 0.1) is 15.5 Å². The lowest BCUT2D eigenvalue weighted by Crippen LogP contribution is -2.50. The van der Waals surface area contributed by atoms with Crippen molar-refractivity contribution >= 4 is 44.9 Å². The first-order valence-corrected chi connectivity index (χ1v) is 10.3. The molecule has 0 atom stereocenters. The van der Waals surface area contributed by atoms with E-state index in [0.717, 1.165) is 0 Å². The van der Waals surface area contributed by atoms with Gasteiger partial charge in [0.25, 0.3) is 0 Å². The summed E-state index contributed by atoms with van der Waals surface area (Å²) in [7, 11) is -3.39. The number of halogens is 2. The molecule has 9 heteroatoms. The van der Waals surface area contributed by atoms with Gasteiger partial charge >= 0.3 is 6.03 Å². The van der Waals surface area contributed by atoms with E-state index in [-0.39, 0.29) is 12.1 Å². The van der Waals surface area contributed by atoms with Gasteiger partial charge in [0, 0.05) is 24.2 Å². The molecule has 1 aromatic carbocycles. The van der Waals surface area contributed by atoms with E-state index < -0.39 is 14.8 Å². The number of rotatable bonds is 3. The average Bonchev–Trinajstić information content (AvgIpc) is 2.49. The quantitative estimate of drug-likeness (QED) is 0.801. The molecular weight excluding hydrogens is 385 g/mol. The molecule has 0 aliphatic carbocycles. The van der Waals surface area contributed by atoms with Crippen LogP contribution in [0.5, 0.6) is 0 Å². The Morgan fingerprint density at radius 3 is 2.32 bits per heavy atom. The molecule has 1 aromatic rings. The number of sulfonamides is 1. The van der Waals surface area contributed by atoms with E-state index in [4.69, 9.17) is 23.2 Å². The minimum Gasteiger partial charge on any atom is -0.324 e. The molecule has 2 N–H and O–H groups in total. The number of anilines is 1. The molecule has 1 aliphatic rings. The Bertz CT molecular complexity index is 739. The van der Waals surface area contributed by atoms with E-state index in [9.17, 15) is 13.2 Å². The van der Waals surface area contributed by atoms with Crippen molar-refractivity contribution in [2.45, 2.75) is 44.4 Å². The minimum absolute atomic E-state index is 0.160. The number of hydrogen-bond acceptors (Lipinski definition) is 3. The Balaban J connectivity index is 1.90. The number of carbonyl (C=O) groups excluding carboxylic acids is 1. The van der Waals surface area contributed by atoms with Crippen molar-refractivity contribution in [3.05, 3.63) is 28.2 Å². The molecule has 2 amide bonds. The van der Waals surface area contributed by atoms with Gasteiger partial charge in [-0.1, -0.05) is 23.2 Å². The first kappa shape index (κ1) is 20.3. The third-order valence-corrected chi connectivity index (χ3v) is 6.89. The van der Waals surface area contributed by atoms with Gasteiger partial charge in [-0.2, -0.15) is 0 Å². The van der Waals surface area contributed by atoms with Crippen LogP contribution >= 0.6 is 23.2 Å². The molecule has 0 spiro atoms. The van der Waals surface area contributed by atoms with Crippen molar-refractivity contribution in [1.29, 1.82) is 0 Å². The monoisotopic (exact) mass is 407 g/mol. The Morgan fingerprint density at radius 1 is 1.20 bits per heavy atom. The predicted octanol–water partition coefficient (Wildman–Crippen LogP) is 3.71. The summed E-state index contributed by atoms with van der Waals surface area (Å²) in [5, 5.41) is 3.62. The first-order chi connectivity index (χ1) is 11.5. The van der Waals surface area contributed by atoms with Crippen LogP contribution in [0, 0.1) is 0 Å². The average molecular weight is 408 g/mol. The minimum atomic E-state index is -3.39. The largest absolute Gasteiger partial charge is 0.324 e. The molecule has 25 heavy (non-hydrogen) atoms. The molecule has 140 valence electrons. The number of urea groups is 1. The number of benzene rings is 1. The highest BCUT2D eigenvalue weighted by atomic mass is 35.5. The fraction of sp³-hybridized carbons (Fsp3) is 0.562. The summed E-state index contributed by atoms with van der Waals surface area (Å²) in [6.07, 6.45) is 1.13. The summed E-state index contributed by atoms with van der Waals surface area (Å²) in [5.41, 5.74) is 0.492. The highest BCUT2D eigenvalue weighted by Crippen LogP contribution is 2.26. The van der Waals surface area contributed by atoms with E-state index in [0.29, 0.717) is 41.7 Å². The summed E-state index contributed by atoms with van der Waals surface area (Å²) in [4.78, 5) is 14.0. The second-order valence-corrected chi connectivity index (χ2v) is 10.4. The van der Waals surface area contributed by atoms with Crippen LogP contribution in [-0.4, -0.2) is 43.2 Å². The van der Waals surface area contributed by atoms with Crippen molar-refractivity contribution in [3.63, 3.8) is 0 Å². The topological polar surface area (TPSA) is 78.5 Å². The van der Waals surface area contributed by atoms with Crippen molar-refractivity contribution < 1.29 is 13.2 Å². The van der Waals surface area contributed by atoms with E-state index in [2.05, 4.69) is 10.0 Å². The summed E-state index contributed by atoms with van der Waals surface area (Å²) >= 11 is 11.9. The highest BCUT2D eigenvalue weighted by molar-refractivity contribution is 7.90. The van der Waals surface area contributed by atoms with Gasteiger partial charge in [0.1, 0.15) is 0 Å². The number of amides is 2. The van der Waals surface area contributed by atoms with Crippen LogP contribution in [-0.2, 0) is 10.0 Å². The molecule has 0 saturated carbocycles. The molecule has 0 unspecified atom stereocenters. The smallest absolute Gasteiger partial charge is 0.321 e. The summed E-state index contributed by atoms with van der Waals surface area (Å²) < 4.78 is 26.3. The maximum absolute atomic E-state index is 12.3. The molecule has 1 aliphatic heterocycles. The maximum Gasteiger partial charge on any atom is 0.321 e. The fourth-order valence-electron chi connectivity index (χ4n) is 2.38. The van der Waals surface area contributed by atoms with Crippen molar-refractivity contribution in [1.82, 2.24) is 9.62 Å². The lowest BCUT2D eigenvalue weighted by molar-refractivity contribution is 0.193. The van der Waals surface area contributed by atoms with Crippen molar-refractivity contribution in [3.8, 4) is 0 Å². The van der Waals surface area contributed by atoms with Gasteiger partial charge in [0.15, 0.2) is 0 Å². The second-order valence-electron chi connectivity index (χ2n) is 7.05. The third kappa shape index (κ3) is 5.23. The fourth-order valence-corrected chi connectivity index (χ4v) is 3.87. The number of likely N-dealkylation sites (tertiary alicyclic amines) is 1. The summed E-state index contributed by atoms with van der Waals surface area (Å²) in [6.45, 7) is 5.91. The van der Waals surface area contributed by atoms with Gasteiger partial charge < -0.3 is 10.2 Å². The second kappa shape index (κ2) is 7.70. The zero-order valence-electron chi connectivity index (χ0n) is 14.5. The van der Waals surface area contributed by atoms with Gasteiger partial charge in [-0.15, -0.1) is 0 Å². The van der Waals surface area contributed by atoms with E-state index in [1.54, 1.807) is 43.9 Å². The van der Waals surface area contributed by atoms with Gasteiger partial charge in [-0.25, -0.2) is 17.9 Å².